The van der Waals surface area contributed by atoms with Crippen LogP contribution in [0, 0.1) is 13.8 Å². The van der Waals surface area contributed by atoms with Crippen LogP contribution in [0.1, 0.15) is 73.7 Å². The molecule has 0 saturated heterocycles. The van der Waals surface area contributed by atoms with E-state index in [1.807, 2.05) is 19.9 Å². The minimum atomic E-state index is -1.18. The summed E-state index contributed by atoms with van der Waals surface area (Å²) in [5.74, 6) is -1.18. The van der Waals surface area contributed by atoms with Crippen LogP contribution in [0.3, 0.4) is 0 Å². The highest BCUT2D eigenvalue weighted by atomic mass is 16.4. The Morgan fingerprint density at radius 2 is 1.89 bits per heavy atom. The first-order chi connectivity index (χ1) is 12.7. The van der Waals surface area contributed by atoms with Gasteiger partial charge in [-0.1, -0.05) is 19.3 Å². The fourth-order valence-electron chi connectivity index (χ4n) is 3.90. The van der Waals surface area contributed by atoms with E-state index in [1.54, 1.807) is 20.0 Å². The number of carboxylic acids is 1. The van der Waals surface area contributed by atoms with Gasteiger partial charge in [0, 0.05) is 23.6 Å². The van der Waals surface area contributed by atoms with Gasteiger partial charge >= 0.3 is 5.97 Å². The number of carbonyl (C=O) groups is 2. The van der Waals surface area contributed by atoms with Crippen molar-refractivity contribution in [2.24, 2.45) is 0 Å². The topological polar surface area (TPSA) is 89.2 Å². The molecule has 0 spiro atoms. The van der Waals surface area contributed by atoms with Crippen LogP contribution in [0.4, 0.5) is 5.69 Å². The Morgan fingerprint density at radius 1 is 1.22 bits per heavy atom. The van der Waals surface area contributed by atoms with Crippen LogP contribution in [-0.4, -0.2) is 31.3 Å². The normalized spacial score (nSPS) is 15.7. The van der Waals surface area contributed by atoms with Crippen molar-refractivity contribution in [3.63, 3.8) is 0 Å². The summed E-state index contributed by atoms with van der Waals surface area (Å²) in [6.07, 6.45) is 9.11. The molecule has 3 rings (SSSR count). The molecule has 2 aromatic heterocycles. The molecule has 2 aromatic rings. The maximum atomic E-state index is 12.8. The Hall–Kier alpha value is -2.57. The Morgan fingerprint density at radius 3 is 2.52 bits per heavy atom. The molecule has 0 bridgehead atoms. The quantitative estimate of drug-likeness (QED) is 0.833. The number of aliphatic carboxylic acids is 1. The minimum Gasteiger partial charge on any atom is -0.479 e. The fourth-order valence-corrected chi connectivity index (χ4v) is 3.90. The minimum absolute atomic E-state index is 0.196. The van der Waals surface area contributed by atoms with Gasteiger partial charge in [-0.05, 0) is 46.6 Å². The first kappa shape index (κ1) is 19.2. The number of nitrogens with zero attached hydrogens (tertiary/aromatic N) is 3. The summed E-state index contributed by atoms with van der Waals surface area (Å²) in [6.45, 7) is 7.16. The summed E-state index contributed by atoms with van der Waals surface area (Å²) in [7, 11) is 0. The average molecular weight is 372 g/mol. The number of aromatic nitrogens is 3. The van der Waals surface area contributed by atoms with E-state index in [-0.39, 0.29) is 5.91 Å². The van der Waals surface area contributed by atoms with Crippen molar-refractivity contribution in [3.8, 4) is 0 Å². The van der Waals surface area contributed by atoms with Crippen molar-refractivity contribution < 1.29 is 14.7 Å². The van der Waals surface area contributed by atoms with E-state index in [1.165, 1.54) is 30.1 Å². The maximum absolute atomic E-state index is 12.8. The SMILES string of the molecule is Cc1cc(C(=O)Nc2cnn(C(C)(C)C(=O)O)c2)c(C)n1C1CCCCC1. The molecule has 7 heteroatoms. The standard InChI is InChI=1S/C20H28N4O3/c1-13-10-17(14(2)24(13)16-8-6-5-7-9-16)18(25)22-15-11-21-23(12-15)20(3,4)19(26)27/h10-12,16H,5-9H2,1-4H3,(H,22,25)(H,26,27). The summed E-state index contributed by atoms with van der Waals surface area (Å²) in [4.78, 5) is 24.2. The lowest BCUT2D eigenvalue weighted by Gasteiger charge is -2.26. The number of hydrogen-bond donors (Lipinski definition) is 2. The van der Waals surface area contributed by atoms with E-state index in [9.17, 15) is 14.7 Å². The van der Waals surface area contributed by atoms with Crippen molar-refractivity contribution in [3.05, 3.63) is 35.4 Å². The van der Waals surface area contributed by atoms with E-state index >= 15 is 0 Å². The van der Waals surface area contributed by atoms with Crippen LogP contribution in [0.15, 0.2) is 18.5 Å². The molecular formula is C20H28N4O3. The van der Waals surface area contributed by atoms with Gasteiger partial charge in [0.05, 0.1) is 17.4 Å². The lowest BCUT2D eigenvalue weighted by Crippen LogP contribution is -2.35. The van der Waals surface area contributed by atoms with Gasteiger partial charge in [0.25, 0.3) is 5.91 Å². The molecule has 1 saturated carbocycles. The van der Waals surface area contributed by atoms with Crippen LogP contribution < -0.4 is 5.32 Å². The van der Waals surface area contributed by atoms with Gasteiger partial charge in [0.15, 0.2) is 5.54 Å². The van der Waals surface area contributed by atoms with Crippen LogP contribution >= 0.6 is 0 Å². The van der Waals surface area contributed by atoms with Crippen molar-refractivity contribution in [2.75, 3.05) is 5.32 Å². The molecule has 0 radical (unpaired) electrons. The molecule has 7 nitrogen and oxygen atoms in total. The molecule has 146 valence electrons. The smallest absolute Gasteiger partial charge is 0.331 e. The lowest BCUT2D eigenvalue weighted by molar-refractivity contribution is -0.146. The zero-order valence-corrected chi connectivity index (χ0v) is 16.5. The van der Waals surface area contributed by atoms with Crippen molar-refractivity contribution >= 4 is 17.6 Å². The molecular weight excluding hydrogens is 344 g/mol. The number of anilines is 1. The molecule has 27 heavy (non-hydrogen) atoms. The monoisotopic (exact) mass is 372 g/mol. The van der Waals surface area contributed by atoms with Gasteiger partial charge in [-0.15, -0.1) is 0 Å². The summed E-state index contributed by atoms with van der Waals surface area (Å²) in [6, 6.07) is 2.41. The average Bonchev–Trinajstić information content (AvgIpc) is 3.20. The third kappa shape index (κ3) is 3.63. The van der Waals surface area contributed by atoms with Crippen molar-refractivity contribution in [1.82, 2.24) is 14.3 Å². The Bertz CT molecular complexity index is 857. The van der Waals surface area contributed by atoms with Crippen molar-refractivity contribution in [1.29, 1.82) is 0 Å². The first-order valence-electron chi connectivity index (χ1n) is 9.50. The second-order valence-electron chi connectivity index (χ2n) is 7.94. The number of aryl methyl sites for hydroxylation is 1. The van der Waals surface area contributed by atoms with E-state index in [0.29, 0.717) is 17.3 Å². The number of carbonyl (C=O) groups excluding carboxylic acids is 1. The number of amides is 1. The van der Waals surface area contributed by atoms with E-state index < -0.39 is 11.5 Å². The highest BCUT2D eigenvalue weighted by Gasteiger charge is 2.30. The van der Waals surface area contributed by atoms with Gasteiger partial charge < -0.3 is 15.0 Å². The molecule has 0 atom stereocenters. The number of carboxylic acid groups (broad SMARTS) is 1. The van der Waals surface area contributed by atoms with Gasteiger partial charge in [-0.2, -0.15) is 5.10 Å². The molecule has 2 N–H and O–H groups in total. The first-order valence-corrected chi connectivity index (χ1v) is 9.50. The fraction of sp³-hybridized carbons (Fsp3) is 0.550. The van der Waals surface area contributed by atoms with Gasteiger partial charge in [0.2, 0.25) is 0 Å². The summed E-state index contributed by atoms with van der Waals surface area (Å²) in [5, 5.41) is 16.2. The predicted octanol–water partition coefficient (Wildman–Crippen LogP) is 3.88. The number of nitrogens with one attached hydrogen (secondary N) is 1. The van der Waals surface area contributed by atoms with E-state index in [4.69, 9.17) is 0 Å². The Balaban J connectivity index is 1.79. The molecule has 1 aliphatic carbocycles. The second kappa shape index (κ2) is 7.21. The molecule has 1 amide bonds. The van der Waals surface area contributed by atoms with Gasteiger partial charge in [-0.3, -0.25) is 9.48 Å². The molecule has 0 unspecified atom stereocenters. The van der Waals surface area contributed by atoms with Crippen LogP contribution in [0.5, 0.6) is 0 Å². The molecule has 1 aliphatic rings. The molecule has 1 fully saturated rings. The third-order valence-electron chi connectivity index (χ3n) is 5.61. The molecule has 0 aromatic carbocycles. The Labute approximate surface area is 159 Å². The summed E-state index contributed by atoms with van der Waals surface area (Å²) < 4.78 is 3.64. The number of rotatable bonds is 5. The zero-order valence-electron chi connectivity index (χ0n) is 16.5. The second-order valence-corrected chi connectivity index (χ2v) is 7.94. The summed E-state index contributed by atoms with van der Waals surface area (Å²) in [5.41, 5.74) is 2.04. The molecule has 0 aliphatic heterocycles. The lowest BCUT2D eigenvalue weighted by atomic mass is 9.95. The maximum Gasteiger partial charge on any atom is 0.331 e. The zero-order chi connectivity index (χ0) is 19.8. The third-order valence-corrected chi connectivity index (χ3v) is 5.61. The van der Waals surface area contributed by atoms with Gasteiger partial charge in [0.1, 0.15) is 0 Å². The summed E-state index contributed by atoms with van der Waals surface area (Å²) >= 11 is 0. The highest BCUT2D eigenvalue weighted by molar-refractivity contribution is 6.05. The number of hydrogen-bond acceptors (Lipinski definition) is 3. The van der Waals surface area contributed by atoms with E-state index in [0.717, 1.165) is 24.2 Å². The molecule has 2 heterocycles. The van der Waals surface area contributed by atoms with Crippen molar-refractivity contribution in [2.45, 2.75) is 71.4 Å². The predicted molar refractivity (Wildman–Crippen MR) is 103 cm³/mol. The van der Waals surface area contributed by atoms with Crippen LogP contribution in [0.25, 0.3) is 0 Å². The van der Waals surface area contributed by atoms with Crippen LogP contribution in [0.2, 0.25) is 0 Å². The van der Waals surface area contributed by atoms with Crippen LogP contribution in [-0.2, 0) is 10.3 Å². The van der Waals surface area contributed by atoms with E-state index in [2.05, 4.69) is 15.0 Å². The highest BCUT2D eigenvalue weighted by Crippen LogP contribution is 2.32. The van der Waals surface area contributed by atoms with Gasteiger partial charge in [-0.25, -0.2) is 4.79 Å². The Kier molecular flexibility index (Phi) is 5.13. The largest absolute Gasteiger partial charge is 0.479 e.